The largest absolute Gasteiger partial charge is 0.350 e. The average molecular weight is 556 g/mol. The molecule has 0 heterocycles. The third-order valence-corrected chi connectivity index (χ3v) is 7.95. The molecule has 9 heteroatoms. The minimum absolute atomic E-state index is 0.0684. The molecule has 3 aromatic rings. The fraction of sp³-hybridized carbons (Fsp3) is 0.310. The van der Waals surface area contributed by atoms with E-state index < -0.39 is 34.1 Å². The van der Waals surface area contributed by atoms with Crippen molar-refractivity contribution in [3.05, 3.63) is 95.0 Å². The molecule has 0 aromatic heterocycles. The molecule has 3 aromatic carbocycles. The monoisotopic (exact) mass is 555 g/mol. The summed E-state index contributed by atoms with van der Waals surface area (Å²) < 4.78 is 28.7. The number of carbonyl (C=O) groups excluding carboxylic acids is 2. The van der Waals surface area contributed by atoms with E-state index in [1.807, 2.05) is 20.8 Å². The molecule has 3 rings (SSSR count). The molecule has 202 valence electrons. The highest BCUT2D eigenvalue weighted by Gasteiger charge is 2.33. The lowest BCUT2D eigenvalue weighted by molar-refractivity contribution is -0.140. The summed E-state index contributed by atoms with van der Waals surface area (Å²) >= 11 is 6.04. The molecule has 0 radical (unpaired) electrons. The van der Waals surface area contributed by atoms with Gasteiger partial charge in [-0.15, -0.1) is 0 Å². The topological polar surface area (TPSA) is 86.8 Å². The van der Waals surface area contributed by atoms with Gasteiger partial charge in [0.2, 0.25) is 11.8 Å². The van der Waals surface area contributed by atoms with Gasteiger partial charge in [-0.2, -0.15) is 0 Å². The number of hydrogen-bond acceptors (Lipinski definition) is 4. The lowest BCUT2D eigenvalue weighted by Gasteiger charge is -2.33. The van der Waals surface area contributed by atoms with Crippen LogP contribution in [0.5, 0.6) is 0 Å². The van der Waals surface area contributed by atoms with Crippen molar-refractivity contribution in [3.63, 3.8) is 0 Å². The first-order valence-electron chi connectivity index (χ1n) is 12.3. The smallest absolute Gasteiger partial charge is 0.264 e. The van der Waals surface area contributed by atoms with E-state index in [2.05, 4.69) is 5.32 Å². The Bertz CT molecular complexity index is 1370. The molecule has 0 saturated carbocycles. The van der Waals surface area contributed by atoms with Crippen molar-refractivity contribution in [1.29, 1.82) is 0 Å². The van der Waals surface area contributed by atoms with E-state index >= 15 is 0 Å². The van der Waals surface area contributed by atoms with Gasteiger partial charge in [0.1, 0.15) is 12.6 Å². The summed E-state index contributed by atoms with van der Waals surface area (Å²) in [5, 5.41) is 3.46. The summed E-state index contributed by atoms with van der Waals surface area (Å²) in [6.45, 7) is 8.61. The highest BCUT2D eigenvalue weighted by molar-refractivity contribution is 7.92. The van der Waals surface area contributed by atoms with Gasteiger partial charge in [-0.3, -0.25) is 13.9 Å². The van der Waals surface area contributed by atoms with Crippen molar-refractivity contribution in [3.8, 4) is 0 Å². The standard InChI is InChI=1S/C29H34ClN3O4S/c1-21-11-9-10-14-26(21)33(38(36,37)25-12-7-6-8-13-25)20-27(34)32(19-23-15-17-24(30)18-16-23)22(2)28(35)31-29(3,4)5/h6-18,22H,19-20H2,1-5H3,(H,31,35)/t22-/m1/s1. The summed E-state index contributed by atoms with van der Waals surface area (Å²) in [4.78, 5) is 28.5. The molecule has 1 atom stereocenters. The molecular weight excluding hydrogens is 522 g/mol. The number of nitrogens with zero attached hydrogens (tertiary/aromatic N) is 2. The number of carbonyl (C=O) groups is 2. The number of amides is 2. The molecule has 7 nitrogen and oxygen atoms in total. The van der Waals surface area contributed by atoms with E-state index in [4.69, 9.17) is 11.6 Å². The molecule has 0 unspecified atom stereocenters. The van der Waals surface area contributed by atoms with Gasteiger partial charge >= 0.3 is 0 Å². The molecule has 2 amide bonds. The molecule has 0 spiro atoms. The van der Waals surface area contributed by atoms with Crippen LogP contribution in [0.2, 0.25) is 5.02 Å². The maximum absolute atomic E-state index is 13.9. The van der Waals surface area contributed by atoms with Crippen LogP contribution in [-0.4, -0.2) is 43.3 Å². The third-order valence-electron chi connectivity index (χ3n) is 5.93. The first kappa shape index (κ1) is 29.2. The Hall–Kier alpha value is -3.36. The van der Waals surface area contributed by atoms with Crippen molar-refractivity contribution < 1.29 is 18.0 Å². The van der Waals surface area contributed by atoms with E-state index in [0.29, 0.717) is 16.3 Å². The van der Waals surface area contributed by atoms with Crippen LogP contribution in [0.3, 0.4) is 0 Å². The van der Waals surface area contributed by atoms with Gasteiger partial charge in [0.15, 0.2) is 0 Å². The minimum Gasteiger partial charge on any atom is -0.350 e. The molecular formula is C29H34ClN3O4S. The first-order valence-corrected chi connectivity index (χ1v) is 14.1. The van der Waals surface area contributed by atoms with E-state index in [1.165, 1.54) is 17.0 Å². The van der Waals surface area contributed by atoms with Gasteiger partial charge in [-0.25, -0.2) is 8.42 Å². The molecule has 0 aliphatic rings. The highest BCUT2D eigenvalue weighted by Crippen LogP contribution is 2.27. The zero-order valence-corrected chi connectivity index (χ0v) is 23.9. The number of anilines is 1. The van der Waals surface area contributed by atoms with Gasteiger partial charge in [0.05, 0.1) is 10.6 Å². The summed E-state index contributed by atoms with van der Waals surface area (Å²) in [6, 6.07) is 21.1. The average Bonchev–Trinajstić information content (AvgIpc) is 2.86. The van der Waals surface area contributed by atoms with Gasteiger partial charge in [0.25, 0.3) is 10.0 Å². The maximum atomic E-state index is 13.9. The number of benzene rings is 3. The molecule has 0 bridgehead atoms. The Kier molecular flexibility index (Phi) is 9.22. The fourth-order valence-corrected chi connectivity index (χ4v) is 5.55. The van der Waals surface area contributed by atoms with Crippen molar-refractivity contribution in [1.82, 2.24) is 10.2 Å². The normalized spacial score (nSPS) is 12.5. The number of hydrogen-bond donors (Lipinski definition) is 1. The summed E-state index contributed by atoms with van der Waals surface area (Å²) in [6.07, 6.45) is 0. The Labute approximate surface area is 230 Å². The number of nitrogens with one attached hydrogen (secondary N) is 1. The van der Waals surface area contributed by atoms with Crippen LogP contribution >= 0.6 is 11.6 Å². The van der Waals surface area contributed by atoms with E-state index in [0.717, 1.165) is 9.87 Å². The van der Waals surface area contributed by atoms with Crippen molar-refractivity contribution in [2.24, 2.45) is 0 Å². The Morgan fingerprint density at radius 2 is 1.50 bits per heavy atom. The van der Waals surface area contributed by atoms with E-state index in [9.17, 15) is 18.0 Å². The van der Waals surface area contributed by atoms with Gasteiger partial charge in [0, 0.05) is 17.1 Å². The second-order valence-electron chi connectivity index (χ2n) is 10.2. The molecule has 0 saturated heterocycles. The number of para-hydroxylation sites is 1. The quantitative estimate of drug-likeness (QED) is 0.394. The van der Waals surface area contributed by atoms with Crippen LogP contribution in [0.15, 0.2) is 83.8 Å². The van der Waals surface area contributed by atoms with Crippen LogP contribution in [0.1, 0.15) is 38.8 Å². The van der Waals surface area contributed by atoms with E-state index in [1.54, 1.807) is 80.6 Å². The second kappa shape index (κ2) is 12.0. The zero-order chi connectivity index (χ0) is 28.1. The molecule has 38 heavy (non-hydrogen) atoms. The highest BCUT2D eigenvalue weighted by atomic mass is 35.5. The third kappa shape index (κ3) is 7.36. The van der Waals surface area contributed by atoms with Crippen molar-refractivity contribution >= 4 is 39.1 Å². The Morgan fingerprint density at radius 1 is 0.921 bits per heavy atom. The SMILES string of the molecule is Cc1ccccc1N(CC(=O)N(Cc1ccc(Cl)cc1)[C@H](C)C(=O)NC(C)(C)C)S(=O)(=O)c1ccccc1. The lowest BCUT2D eigenvalue weighted by atomic mass is 10.1. The lowest BCUT2D eigenvalue weighted by Crippen LogP contribution is -2.54. The minimum atomic E-state index is -4.09. The van der Waals surface area contributed by atoms with Gasteiger partial charge in [-0.1, -0.05) is 60.1 Å². The van der Waals surface area contributed by atoms with Crippen LogP contribution in [0.25, 0.3) is 0 Å². The zero-order valence-electron chi connectivity index (χ0n) is 22.3. The predicted molar refractivity (Wildman–Crippen MR) is 152 cm³/mol. The summed E-state index contributed by atoms with van der Waals surface area (Å²) in [5.41, 5.74) is 1.33. The van der Waals surface area contributed by atoms with Crippen LogP contribution < -0.4 is 9.62 Å². The first-order chi connectivity index (χ1) is 17.8. The molecule has 1 N–H and O–H groups in total. The van der Waals surface area contributed by atoms with Crippen LogP contribution in [-0.2, 0) is 26.2 Å². The summed E-state index contributed by atoms with van der Waals surface area (Å²) in [5.74, 6) is -0.854. The van der Waals surface area contributed by atoms with Crippen molar-refractivity contribution in [2.45, 2.75) is 57.6 Å². The van der Waals surface area contributed by atoms with Crippen LogP contribution in [0, 0.1) is 6.92 Å². The fourth-order valence-electron chi connectivity index (χ4n) is 3.92. The number of rotatable bonds is 9. The number of sulfonamides is 1. The second-order valence-corrected chi connectivity index (χ2v) is 12.5. The summed E-state index contributed by atoms with van der Waals surface area (Å²) in [7, 11) is -4.09. The van der Waals surface area contributed by atoms with Crippen molar-refractivity contribution in [2.75, 3.05) is 10.8 Å². The van der Waals surface area contributed by atoms with E-state index in [-0.39, 0.29) is 17.3 Å². The van der Waals surface area contributed by atoms with Gasteiger partial charge < -0.3 is 10.2 Å². The maximum Gasteiger partial charge on any atom is 0.264 e. The Balaban J connectivity index is 2.03. The van der Waals surface area contributed by atoms with Crippen LogP contribution in [0.4, 0.5) is 5.69 Å². The molecule has 0 aliphatic heterocycles. The van der Waals surface area contributed by atoms with Gasteiger partial charge in [-0.05, 0) is 76.1 Å². The number of aryl methyl sites for hydroxylation is 1. The Morgan fingerprint density at radius 3 is 2.08 bits per heavy atom. The molecule has 0 fully saturated rings. The molecule has 0 aliphatic carbocycles. The predicted octanol–water partition coefficient (Wildman–Crippen LogP) is 5.18. The number of halogens is 1.